The van der Waals surface area contributed by atoms with Gasteiger partial charge in [-0.2, -0.15) is 0 Å². The Morgan fingerprint density at radius 1 is 1.33 bits per heavy atom. The SMILES string of the molecule is Cc1ccsc1CNC(=O)c1ccccc1NN. The van der Waals surface area contributed by atoms with E-state index in [1.54, 1.807) is 23.5 Å². The number of thiophene rings is 1. The fraction of sp³-hybridized carbons (Fsp3) is 0.154. The molecule has 4 nitrogen and oxygen atoms in total. The summed E-state index contributed by atoms with van der Waals surface area (Å²) in [4.78, 5) is 13.2. The molecule has 0 spiro atoms. The number of benzene rings is 1. The van der Waals surface area contributed by atoms with Gasteiger partial charge in [0, 0.05) is 4.88 Å². The molecule has 1 aromatic carbocycles. The highest BCUT2D eigenvalue weighted by atomic mass is 32.1. The number of anilines is 1. The van der Waals surface area contributed by atoms with Crippen molar-refractivity contribution < 1.29 is 4.79 Å². The quantitative estimate of drug-likeness (QED) is 0.584. The minimum absolute atomic E-state index is 0.128. The number of hydrogen-bond acceptors (Lipinski definition) is 4. The summed E-state index contributed by atoms with van der Waals surface area (Å²) in [6.07, 6.45) is 0. The number of carbonyl (C=O) groups excluding carboxylic acids is 1. The smallest absolute Gasteiger partial charge is 0.253 e. The molecule has 2 rings (SSSR count). The fourth-order valence-electron chi connectivity index (χ4n) is 1.65. The topological polar surface area (TPSA) is 67.2 Å². The molecule has 1 amide bonds. The zero-order valence-corrected chi connectivity index (χ0v) is 10.9. The van der Waals surface area contributed by atoms with E-state index < -0.39 is 0 Å². The van der Waals surface area contributed by atoms with Crippen LogP contribution in [-0.4, -0.2) is 5.91 Å². The highest BCUT2D eigenvalue weighted by molar-refractivity contribution is 7.10. The lowest BCUT2D eigenvalue weighted by atomic mass is 10.1. The Labute approximate surface area is 110 Å². The Morgan fingerprint density at radius 3 is 2.78 bits per heavy atom. The van der Waals surface area contributed by atoms with Crippen LogP contribution in [-0.2, 0) is 6.54 Å². The number of amides is 1. The molecule has 94 valence electrons. The summed E-state index contributed by atoms with van der Waals surface area (Å²) in [6.45, 7) is 2.58. The molecule has 0 aliphatic heterocycles. The molecule has 1 heterocycles. The third kappa shape index (κ3) is 2.69. The van der Waals surface area contributed by atoms with Crippen molar-refractivity contribution >= 4 is 22.9 Å². The van der Waals surface area contributed by atoms with Gasteiger partial charge in [0.15, 0.2) is 0 Å². The Bertz CT molecular complexity index is 551. The van der Waals surface area contributed by atoms with Crippen LogP contribution >= 0.6 is 11.3 Å². The number of nitrogens with two attached hydrogens (primary N) is 1. The first-order valence-corrected chi connectivity index (χ1v) is 6.47. The maximum absolute atomic E-state index is 12.0. The van der Waals surface area contributed by atoms with E-state index in [-0.39, 0.29) is 5.91 Å². The van der Waals surface area contributed by atoms with E-state index >= 15 is 0 Å². The van der Waals surface area contributed by atoms with Gasteiger partial charge in [0.2, 0.25) is 0 Å². The summed E-state index contributed by atoms with van der Waals surface area (Å²) >= 11 is 1.64. The first-order valence-electron chi connectivity index (χ1n) is 5.59. The van der Waals surface area contributed by atoms with Crippen LogP contribution in [0, 0.1) is 6.92 Å². The predicted octanol–water partition coefficient (Wildman–Crippen LogP) is 2.27. The van der Waals surface area contributed by atoms with Gasteiger partial charge in [0.1, 0.15) is 0 Å². The van der Waals surface area contributed by atoms with Crippen LogP contribution in [0.1, 0.15) is 20.8 Å². The molecule has 18 heavy (non-hydrogen) atoms. The Kier molecular flexibility index (Phi) is 3.96. The average Bonchev–Trinajstić information content (AvgIpc) is 2.81. The number of carbonyl (C=O) groups is 1. The van der Waals surface area contributed by atoms with Gasteiger partial charge in [-0.25, -0.2) is 0 Å². The Hall–Kier alpha value is -1.85. The molecule has 0 radical (unpaired) electrons. The van der Waals surface area contributed by atoms with E-state index in [9.17, 15) is 4.79 Å². The van der Waals surface area contributed by atoms with Gasteiger partial charge in [-0.1, -0.05) is 12.1 Å². The van der Waals surface area contributed by atoms with Crippen LogP contribution in [0.5, 0.6) is 0 Å². The van der Waals surface area contributed by atoms with Gasteiger partial charge in [-0.15, -0.1) is 11.3 Å². The van der Waals surface area contributed by atoms with Crippen LogP contribution in [0.2, 0.25) is 0 Å². The van der Waals surface area contributed by atoms with Crippen molar-refractivity contribution in [1.29, 1.82) is 0 Å². The normalized spacial score (nSPS) is 10.1. The largest absolute Gasteiger partial charge is 0.347 e. The second kappa shape index (κ2) is 5.66. The van der Waals surface area contributed by atoms with Gasteiger partial charge >= 0.3 is 0 Å². The molecular weight excluding hydrogens is 246 g/mol. The van der Waals surface area contributed by atoms with Crippen LogP contribution in [0.4, 0.5) is 5.69 Å². The van der Waals surface area contributed by atoms with Gasteiger partial charge in [-0.3, -0.25) is 10.6 Å². The van der Waals surface area contributed by atoms with E-state index in [0.717, 1.165) is 0 Å². The molecule has 0 aliphatic carbocycles. The molecule has 0 aliphatic rings. The maximum atomic E-state index is 12.0. The molecule has 1 aromatic heterocycles. The van der Waals surface area contributed by atoms with Crippen molar-refractivity contribution in [2.24, 2.45) is 5.84 Å². The highest BCUT2D eigenvalue weighted by Gasteiger charge is 2.10. The monoisotopic (exact) mass is 261 g/mol. The van der Waals surface area contributed by atoms with Crippen molar-refractivity contribution in [2.45, 2.75) is 13.5 Å². The summed E-state index contributed by atoms with van der Waals surface area (Å²) in [5, 5.41) is 4.91. The molecule has 0 fully saturated rings. The highest BCUT2D eigenvalue weighted by Crippen LogP contribution is 2.16. The van der Waals surface area contributed by atoms with Crippen molar-refractivity contribution in [1.82, 2.24) is 5.32 Å². The van der Waals surface area contributed by atoms with Crippen molar-refractivity contribution in [3.63, 3.8) is 0 Å². The molecule has 5 heteroatoms. The van der Waals surface area contributed by atoms with Crippen LogP contribution in [0.25, 0.3) is 0 Å². The summed E-state index contributed by atoms with van der Waals surface area (Å²) < 4.78 is 0. The van der Waals surface area contributed by atoms with Crippen molar-refractivity contribution in [2.75, 3.05) is 5.43 Å². The summed E-state index contributed by atoms with van der Waals surface area (Å²) in [6, 6.07) is 9.19. The number of hydrogen-bond donors (Lipinski definition) is 3. The molecule has 0 bridgehead atoms. The maximum Gasteiger partial charge on any atom is 0.253 e. The van der Waals surface area contributed by atoms with Crippen molar-refractivity contribution in [3.05, 3.63) is 51.7 Å². The second-order valence-corrected chi connectivity index (χ2v) is 4.90. The number of rotatable bonds is 4. The van der Waals surface area contributed by atoms with Crippen LogP contribution < -0.4 is 16.6 Å². The molecule has 0 atom stereocenters. The number of nitrogen functional groups attached to an aromatic ring is 1. The average molecular weight is 261 g/mol. The third-order valence-corrected chi connectivity index (χ3v) is 3.73. The molecule has 0 saturated carbocycles. The van der Waals surface area contributed by atoms with E-state index in [2.05, 4.69) is 10.7 Å². The first-order chi connectivity index (χ1) is 8.72. The number of para-hydroxylation sites is 1. The van der Waals surface area contributed by atoms with E-state index in [1.807, 2.05) is 30.5 Å². The predicted molar refractivity (Wildman–Crippen MR) is 74.5 cm³/mol. The zero-order chi connectivity index (χ0) is 13.0. The molecular formula is C13H15N3OS. The number of hydrazine groups is 1. The van der Waals surface area contributed by atoms with E-state index in [4.69, 9.17) is 5.84 Å². The third-order valence-electron chi connectivity index (χ3n) is 2.70. The second-order valence-electron chi connectivity index (χ2n) is 3.90. The van der Waals surface area contributed by atoms with E-state index in [0.29, 0.717) is 17.8 Å². The standard InChI is InChI=1S/C13H15N3OS/c1-9-6-7-18-12(9)8-15-13(17)10-4-2-3-5-11(10)16-14/h2-7,16H,8,14H2,1H3,(H,15,17). The van der Waals surface area contributed by atoms with Gasteiger partial charge in [-0.05, 0) is 36.1 Å². The zero-order valence-electron chi connectivity index (χ0n) is 10.1. The number of nitrogens with one attached hydrogen (secondary N) is 2. The molecule has 0 unspecified atom stereocenters. The fourth-order valence-corrected chi connectivity index (χ4v) is 2.49. The summed E-state index contributed by atoms with van der Waals surface area (Å²) in [5.41, 5.74) is 4.90. The lowest BCUT2D eigenvalue weighted by Gasteiger charge is -2.09. The van der Waals surface area contributed by atoms with Crippen LogP contribution in [0.3, 0.4) is 0 Å². The Morgan fingerprint density at radius 2 is 2.11 bits per heavy atom. The minimum atomic E-state index is -0.128. The lowest BCUT2D eigenvalue weighted by Crippen LogP contribution is -2.24. The van der Waals surface area contributed by atoms with E-state index in [1.165, 1.54) is 10.4 Å². The van der Waals surface area contributed by atoms with Gasteiger partial charge in [0.25, 0.3) is 5.91 Å². The van der Waals surface area contributed by atoms with Crippen molar-refractivity contribution in [3.8, 4) is 0 Å². The Balaban J connectivity index is 2.06. The van der Waals surface area contributed by atoms with Gasteiger partial charge < -0.3 is 10.7 Å². The first kappa shape index (κ1) is 12.6. The molecule has 0 saturated heterocycles. The van der Waals surface area contributed by atoms with Gasteiger partial charge in [0.05, 0.1) is 17.8 Å². The summed E-state index contributed by atoms with van der Waals surface area (Å²) in [7, 11) is 0. The molecule has 2 aromatic rings. The molecule has 4 N–H and O–H groups in total. The van der Waals surface area contributed by atoms with Crippen LogP contribution in [0.15, 0.2) is 35.7 Å². The lowest BCUT2D eigenvalue weighted by molar-refractivity contribution is 0.0952. The number of aryl methyl sites for hydroxylation is 1. The minimum Gasteiger partial charge on any atom is -0.347 e. The summed E-state index contributed by atoms with van der Waals surface area (Å²) in [5.74, 6) is 5.25.